The minimum atomic E-state index is -0.299. The number of hydrogen-bond donors (Lipinski definition) is 1. The van der Waals surface area contributed by atoms with Crippen LogP contribution < -0.4 is 5.73 Å². The maximum Gasteiger partial charge on any atom is 0.146 e. The van der Waals surface area contributed by atoms with Crippen LogP contribution in [0.5, 0.6) is 0 Å². The predicted molar refractivity (Wildman–Crippen MR) is 69.1 cm³/mol. The van der Waals surface area contributed by atoms with Crippen molar-refractivity contribution in [1.29, 1.82) is 0 Å². The standard InChI is InChI=1S/C14H21FN2/c1-2-4-11-7-8-17(9-11)10-12-5-3-6-13(15)14(12)16/h3,5-6,11H,2,4,7-10,16H2,1H3. The third-order valence-electron chi connectivity index (χ3n) is 3.60. The third-order valence-corrected chi connectivity index (χ3v) is 3.60. The van der Waals surface area contributed by atoms with Gasteiger partial charge in [-0.15, -0.1) is 0 Å². The third kappa shape index (κ3) is 2.97. The second-order valence-corrected chi connectivity index (χ2v) is 4.99. The van der Waals surface area contributed by atoms with Crippen LogP contribution in [0.2, 0.25) is 0 Å². The smallest absolute Gasteiger partial charge is 0.146 e. The van der Waals surface area contributed by atoms with Gasteiger partial charge in [-0.25, -0.2) is 4.39 Å². The van der Waals surface area contributed by atoms with Crippen molar-refractivity contribution in [1.82, 2.24) is 4.90 Å². The molecule has 0 aromatic heterocycles. The molecule has 1 unspecified atom stereocenters. The highest BCUT2D eigenvalue weighted by Crippen LogP contribution is 2.24. The molecule has 1 fully saturated rings. The topological polar surface area (TPSA) is 29.3 Å². The van der Waals surface area contributed by atoms with E-state index < -0.39 is 0 Å². The molecule has 2 N–H and O–H groups in total. The van der Waals surface area contributed by atoms with Crippen LogP contribution in [0.1, 0.15) is 31.7 Å². The van der Waals surface area contributed by atoms with Crippen molar-refractivity contribution in [2.24, 2.45) is 5.92 Å². The molecule has 2 rings (SSSR count). The number of rotatable bonds is 4. The van der Waals surface area contributed by atoms with Crippen LogP contribution in [0.4, 0.5) is 10.1 Å². The number of halogens is 1. The number of nitrogens with two attached hydrogens (primary N) is 1. The second kappa shape index (κ2) is 5.50. The number of nitrogens with zero attached hydrogens (tertiary/aromatic N) is 1. The molecule has 1 atom stereocenters. The summed E-state index contributed by atoms with van der Waals surface area (Å²) < 4.78 is 13.3. The Hall–Kier alpha value is -1.09. The maximum absolute atomic E-state index is 13.3. The maximum atomic E-state index is 13.3. The number of benzene rings is 1. The van der Waals surface area contributed by atoms with Gasteiger partial charge in [-0.3, -0.25) is 4.90 Å². The lowest BCUT2D eigenvalue weighted by molar-refractivity contribution is 0.313. The highest BCUT2D eigenvalue weighted by atomic mass is 19.1. The van der Waals surface area contributed by atoms with Crippen LogP contribution in [0, 0.1) is 11.7 Å². The Balaban J connectivity index is 1.96. The molecule has 1 aliphatic rings. The van der Waals surface area contributed by atoms with Gasteiger partial charge in [0.05, 0.1) is 5.69 Å². The van der Waals surface area contributed by atoms with E-state index >= 15 is 0 Å². The first kappa shape index (κ1) is 12.4. The second-order valence-electron chi connectivity index (χ2n) is 4.99. The Kier molecular flexibility index (Phi) is 4.00. The summed E-state index contributed by atoms with van der Waals surface area (Å²) in [4.78, 5) is 2.38. The fraction of sp³-hybridized carbons (Fsp3) is 0.571. The highest BCUT2D eigenvalue weighted by molar-refractivity contribution is 5.47. The molecule has 17 heavy (non-hydrogen) atoms. The van der Waals surface area contributed by atoms with Crippen LogP contribution in [-0.2, 0) is 6.54 Å². The minimum absolute atomic E-state index is 0.299. The molecule has 3 heteroatoms. The molecule has 0 aliphatic carbocycles. The average Bonchev–Trinajstić information content (AvgIpc) is 2.73. The summed E-state index contributed by atoms with van der Waals surface area (Å²) in [6.45, 7) is 5.25. The number of nitrogen functional groups attached to an aromatic ring is 1. The van der Waals surface area contributed by atoms with E-state index in [1.54, 1.807) is 6.07 Å². The fourth-order valence-electron chi connectivity index (χ4n) is 2.66. The number of para-hydroxylation sites is 1. The Labute approximate surface area is 103 Å². The molecule has 1 saturated heterocycles. The van der Waals surface area contributed by atoms with Gasteiger partial charge < -0.3 is 5.73 Å². The van der Waals surface area contributed by atoms with Gasteiger partial charge in [0.2, 0.25) is 0 Å². The molecule has 0 amide bonds. The molecule has 1 heterocycles. The summed E-state index contributed by atoms with van der Waals surface area (Å²) in [5.74, 6) is 0.515. The first-order chi connectivity index (χ1) is 8.20. The zero-order valence-electron chi connectivity index (χ0n) is 10.5. The zero-order chi connectivity index (χ0) is 12.3. The number of anilines is 1. The van der Waals surface area contributed by atoms with E-state index in [2.05, 4.69) is 11.8 Å². The normalized spacial score (nSPS) is 20.9. The lowest BCUT2D eigenvalue weighted by Crippen LogP contribution is -2.21. The lowest BCUT2D eigenvalue weighted by atomic mass is 10.0. The van der Waals surface area contributed by atoms with Crippen molar-refractivity contribution in [3.05, 3.63) is 29.6 Å². The van der Waals surface area contributed by atoms with Crippen LogP contribution >= 0.6 is 0 Å². The van der Waals surface area contributed by atoms with Crippen molar-refractivity contribution >= 4 is 5.69 Å². The van der Waals surface area contributed by atoms with E-state index in [4.69, 9.17) is 5.73 Å². The van der Waals surface area contributed by atoms with Gasteiger partial charge in [0, 0.05) is 13.1 Å². The highest BCUT2D eigenvalue weighted by Gasteiger charge is 2.22. The number of hydrogen-bond acceptors (Lipinski definition) is 2. The van der Waals surface area contributed by atoms with Gasteiger partial charge in [-0.2, -0.15) is 0 Å². The minimum Gasteiger partial charge on any atom is -0.396 e. The average molecular weight is 236 g/mol. The van der Waals surface area contributed by atoms with Crippen molar-refractivity contribution in [2.45, 2.75) is 32.7 Å². The monoisotopic (exact) mass is 236 g/mol. The van der Waals surface area contributed by atoms with E-state index in [1.807, 2.05) is 6.07 Å². The summed E-state index contributed by atoms with van der Waals surface area (Å²) in [5, 5.41) is 0. The molecule has 0 bridgehead atoms. The SMILES string of the molecule is CCCC1CCN(Cc2cccc(F)c2N)C1. The molecule has 1 aliphatic heterocycles. The van der Waals surface area contributed by atoms with Crippen LogP contribution in [0.25, 0.3) is 0 Å². The lowest BCUT2D eigenvalue weighted by Gasteiger charge is -2.17. The van der Waals surface area contributed by atoms with Crippen molar-refractivity contribution in [3.63, 3.8) is 0 Å². The van der Waals surface area contributed by atoms with Gasteiger partial charge in [0.25, 0.3) is 0 Å². The van der Waals surface area contributed by atoms with Gasteiger partial charge in [-0.1, -0.05) is 25.5 Å². The van der Waals surface area contributed by atoms with Crippen molar-refractivity contribution < 1.29 is 4.39 Å². The molecular formula is C14H21FN2. The van der Waals surface area contributed by atoms with E-state index in [1.165, 1.54) is 25.3 Å². The molecule has 1 aromatic carbocycles. The van der Waals surface area contributed by atoms with Crippen LogP contribution in [0.3, 0.4) is 0 Å². The molecule has 1 aromatic rings. The summed E-state index contributed by atoms with van der Waals surface area (Å²) in [7, 11) is 0. The van der Waals surface area contributed by atoms with Crippen LogP contribution in [-0.4, -0.2) is 18.0 Å². The molecule has 0 radical (unpaired) electrons. The quantitative estimate of drug-likeness (QED) is 0.814. The molecule has 0 spiro atoms. The summed E-state index contributed by atoms with van der Waals surface area (Å²) in [5.41, 5.74) is 6.98. The molecule has 0 saturated carbocycles. The van der Waals surface area contributed by atoms with Crippen molar-refractivity contribution in [3.8, 4) is 0 Å². The Bertz CT molecular complexity index is 378. The van der Waals surface area contributed by atoms with Gasteiger partial charge in [0.15, 0.2) is 0 Å². The molecule has 2 nitrogen and oxygen atoms in total. The number of likely N-dealkylation sites (tertiary alicyclic amines) is 1. The molecular weight excluding hydrogens is 215 g/mol. The Morgan fingerprint density at radius 2 is 2.29 bits per heavy atom. The van der Waals surface area contributed by atoms with E-state index in [9.17, 15) is 4.39 Å². The van der Waals surface area contributed by atoms with Gasteiger partial charge in [0.1, 0.15) is 5.82 Å². The van der Waals surface area contributed by atoms with Gasteiger partial charge in [-0.05, 0) is 36.9 Å². The summed E-state index contributed by atoms with van der Waals surface area (Å²) in [6.07, 6.45) is 3.82. The Morgan fingerprint density at radius 3 is 3.06 bits per heavy atom. The zero-order valence-corrected chi connectivity index (χ0v) is 10.5. The van der Waals surface area contributed by atoms with E-state index in [0.717, 1.165) is 31.1 Å². The predicted octanol–water partition coefficient (Wildman–Crippen LogP) is 3.03. The first-order valence-corrected chi connectivity index (χ1v) is 6.46. The first-order valence-electron chi connectivity index (χ1n) is 6.46. The van der Waals surface area contributed by atoms with E-state index in [0.29, 0.717) is 5.69 Å². The summed E-state index contributed by atoms with van der Waals surface area (Å²) >= 11 is 0. The van der Waals surface area contributed by atoms with Crippen LogP contribution in [0.15, 0.2) is 18.2 Å². The summed E-state index contributed by atoms with van der Waals surface area (Å²) in [6, 6.07) is 5.08. The largest absolute Gasteiger partial charge is 0.396 e. The van der Waals surface area contributed by atoms with E-state index in [-0.39, 0.29) is 5.82 Å². The van der Waals surface area contributed by atoms with Crippen molar-refractivity contribution in [2.75, 3.05) is 18.8 Å². The molecule has 94 valence electrons. The Morgan fingerprint density at radius 1 is 1.47 bits per heavy atom. The van der Waals surface area contributed by atoms with Gasteiger partial charge >= 0.3 is 0 Å². The fourth-order valence-corrected chi connectivity index (χ4v) is 2.66.